The first-order valence-corrected chi connectivity index (χ1v) is 6.31. The molecule has 0 radical (unpaired) electrons. The molecule has 1 aliphatic carbocycles. The first-order valence-electron chi connectivity index (χ1n) is 6.31. The molecule has 2 rings (SSSR count). The van der Waals surface area contributed by atoms with Crippen molar-refractivity contribution in [3.05, 3.63) is 24.3 Å². The molecule has 3 nitrogen and oxygen atoms in total. The van der Waals surface area contributed by atoms with Gasteiger partial charge in [0.2, 0.25) is 0 Å². The summed E-state index contributed by atoms with van der Waals surface area (Å²) < 4.78 is 0. The van der Waals surface area contributed by atoms with Crippen LogP contribution in [-0.2, 0) is 0 Å². The van der Waals surface area contributed by atoms with Crippen LogP contribution < -0.4 is 5.73 Å². The molecule has 1 heterocycles. The van der Waals surface area contributed by atoms with Gasteiger partial charge < -0.3 is 5.73 Å². The zero-order chi connectivity index (χ0) is 11.4. The van der Waals surface area contributed by atoms with Gasteiger partial charge in [0.1, 0.15) is 6.33 Å². The van der Waals surface area contributed by atoms with Crippen molar-refractivity contribution < 1.29 is 0 Å². The highest BCUT2D eigenvalue weighted by atomic mass is 14.8. The van der Waals surface area contributed by atoms with Crippen molar-refractivity contribution in [1.29, 1.82) is 0 Å². The second-order valence-corrected chi connectivity index (χ2v) is 4.91. The quantitative estimate of drug-likeness (QED) is 0.849. The van der Waals surface area contributed by atoms with Crippen molar-refractivity contribution in [3.63, 3.8) is 0 Å². The lowest BCUT2D eigenvalue weighted by molar-refractivity contribution is 0.273. The van der Waals surface area contributed by atoms with E-state index >= 15 is 0 Å². The average molecular weight is 219 g/mol. The summed E-state index contributed by atoms with van der Waals surface area (Å²) in [5.74, 6) is 1.31. The van der Waals surface area contributed by atoms with E-state index in [-0.39, 0.29) is 0 Å². The van der Waals surface area contributed by atoms with E-state index in [1.54, 1.807) is 6.33 Å². The third-order valence-corrected chi connectivity index (χ3v) is 3.72. The summed E-state index contributed by atoms with van der Waals surface area (Å²) in [5.41, 5.74) is 7.43. The van der Waals surface area contributed by atoms with Crippen LogP contribution in [0, 0.1) is 5.92 Å². The van der Waals surface area contributed by atoms with Crippen LogP contribution in [0.2, 0.25) is 0 Å². The van der Waals surface area contributed by atoms with Gasteiger partial charge in [-0.3, -0.25) is 0 Å². The Morgan fingerprint density at radius 3 is 2.75 bits per heavy atom. The Kier molecular flexibility index (Phi) is 3.88. The normalized spacial score (nSPS) is 30.2. The number of nitrogens with two attached hydrogens (primary N) is 1. The molecular formula is C13H21N3. The second-order valence-electron chi connectivity index (χ2n) is 4.91. The molecule has 1 saturated carbocycles. The molecule has 0 bridgehead atoms. The SMILES string of the molecule is CCCC1CCC(N)C(c2cncnc2)C1. The van der Waals surface area contributed by atoms with E-state index in [2.05, 4.69) is 16.9 Å². The number of aromatic nitrogens is 2. The Labute approximate surface area is 97.5 Å². The standard InChI is InChI=1S/C13H21N3/c1-2-3-10-4-5-13(14)12(6-10)11-7-15-9-16-8-11/h7-10,12-13H,2-6,14H2,1H3. The summed E-state index contributed by atoms with van der Waals surface area (Å²) in [6, 6.07) is 0.291. The van der Waals surface area contributed by atoms with Crippen LogP contribution in [0.1, 0.15) is 50.5 Å². The molecule has 0 spiro atoms. The van der Waals surface area contributed by atoms with Gasteiger partial charge in [0.15, 0.2) is 0 Å². The maximum atomic E-state index is 6.21. The van der Waals surface area contributed by atoms with Gasteiger partial charge in [0, 0.05) is 24.4 Å². The largest absolute Gasteiger partial charge is 0.327 e. The van der Waals surface area contributed by atoms with Crippen molar-refractivity contribution in [2.75, 3.05) is 0 Å². The number of rotatable bonds is 3. The molecule has 0 aliphatic heterocycles. The Bertz CT molecular complexity index is 312. The zero-order valence-corrected chi connectivity index (χ0v) is 9.97. The summed E-state index contributed by atoms with van der Waals surface area (Å²) in [6.07, 6.45) is 11.7. The second kappa shape index (κ2) is 5.39. The molecule has 2 N–H and O–H groups in total. The predicted molar refractivity (Wildman–Crippen MR) is 65.0 cm³/mol. The van der Waals surface area contributed by atoms with Crippen LogP contribution in [0.15, 0.2) is 18.7 Å². The van der Waals surface area contributed by atoms with Crippen molar-refractivity contribution in [1.82, 2.24) is 9.97 Å². The topological polar surface area (TPSA) is 51.8 Å². The molecular weight excluding hydrogens is 198 g/mol. The molecule has 3 atom stereocenters. The molecule has 88 valence electrons. The monoisotopic (exact) mass is 219 g/mol. The van der Waals surface area contributed by atoms with Crippen LogP contribution >= 0.6 is 0 Å². The van der Waals surface area contributed by atoms with Crippen molar-refractivity contribution in [2.24, 2.45) is 11.7 Å². The van der Waals surface area contributed by atoms with E-state index in [1.165, 1.54) is 31.2 Å². The van der Waals surface area contributed by atoms with Gasteiger partial charge in [-0.05, 0) is 30.7 Å². The van der Waals surface area contributed by atoms with Crippen LogP contribution in [0.4, 0.5) is 0 Å². The minimum atomic E-state index is 0.291. The summed E-state index contributed by atoms with van der Waals surface area (Å²) in [7, 11) is 0. The minimum Gasteiger partial charge on any atom is -0.327 e. The molecule has 1 fully saturated rings. The molecule has 3 unspecified atom stereocenters. The van der Waals surface area contributed by atoms with Crippen molar-refractivity contribution in [2.45, 2.75) is 51.0 Å². The van der Waals surface area contributed by atoms with Crippen molar-refractivity contribution >= 4 is 0 Å². The first-order chi connectivity index (χ1) is 7.81. The molecule has 0 saturated heterocycles. The van der Waals surface area contributed by atoms with E-state index < -0.39 is 0 Å². The zero-order valence-electron chi connectivity index (χ0n) is 9.97. The summed E-state index contributed by atoms with van der Waals surface area (Å²) >= 11 is 0. The average Bonchev–Trinajstić information content (AvgIpc) is 2.33. The lowest BCUT2D eigenvalue weighted by Crippen LogP contribution is -2.34. The highest BCUT2D eigenvalue weighted by molar-refractivity contribution is 5.14. The van der Waals surface area contributed by atoms with Crippen molar-refractivity contribution in [3.8, 4) is 0 Å². The molecule has 0 amide bonds. The predicted octanol–water partition coefficient (Wildman–Crippen LogP) is 2.49. The third-order valence-electron chi connectivity index (χ3n) is 3.72. The van der Waals surface area contributed by atoms with Gasteiger partial charge in [-0.1, -0.05) is 19.8 Å². The Morgan fingerprint density at radius 1 is 1.31 bits per heavy atom. The lowest BCUT2D eigenvalue weighted by Gasteiger charge is -2.34. The maximum absolute atomic E-state index is 6.21. The summed E-state index contributed by atoms with van der Waals surface area (Å²) in [5, 5.41) is 0. The number of hydrogen-bond acceptors (Lipinski definition) is 3. The van der Waals surface area contributed by atoms with Gasteiger partial charge in [-0.2, -0.15) is 0 Å². The van der Waals surface area contributed by atoms with Crippen LogP contribution in [-0.4, -0.2) is 16.0 Å². The van der Waals surface area contributed by atoms with E-state index in [1.807, 2.05) is 12.4 Å². The highest BCUT2D eigenvalue weighted by Crippen LogP contribution is 2.36. The van der Waals surface area contributed by atoms with Gasteiger partial charge in [-0.25, -0.2) is 9.97 Å². The Hall–Kier alpha value is -0.960. The maximum Gasteiger partial charge on any atom is 0.115 e. The molecule has 1 aromatic rings. The van der Waals surface area contributed by atoms with Gasteiger partial charge in [0.25, 0.3) is 0 Å². The lowest BCUT2D eigenvalue weighted by atomic mass is 9.74. The van der Waals surface area contributed by atoms with Crippen LogP contribution in [0.3, 0.4) is 0 Å². The molecule has 1 aromatic heterocycles. The Balaban J connectivity index is 2.07. The van der Waals surface area contributed by atoms with E-state index in [9.17, 15) is 0 Å². The van der Waals surface area contributed by atoms with Gasteiger partial charge >= 0.3 is 0 Å². The van der Waals surface area contributed by atoms with Crippen LogP contribution in [0.5, 0.6) is 0 Å². The fourth-order valence-corrected chi connectivity index (χ4v) is 2.84. The third kappa shape index (κ3) is 2.59. The van der Waals surface area contributed by atoms with Gasteiger partial charge in [-0.15, -0.1) is 0 Å². The fourth-order valence-electron chi connectivity index (χ4n) is 2.84. The number of nitrogens with zero attached hydrogens (tertiary/aromatic N) is 2. The van der Waals surface area contributed by atoms with Gasteiger partial charge in [0.05, 0.1) is 0 Å². The first kappa shape index (κ1) is 11.5. The molecule has 16 heavy (non-hydrogen) atoms. The molecule has 3 heteroatoms. The molecule has 1 aliphatic rings. The van der Waals surface area contributed by atoms with E-state index in [4.69, 9.17) is 5.73 Å². The fraction of sp³-hybridized carbons (Fsp3) is 0.692. The smallest absolute Gasteiger partial charge is 0.115 e. The van der Waals surface area contributed by atoms with E-state index in [0.29, 0.717) is 12.0 Å². The summed E-state index contributed by atoms with van der Waals surface area (Å²) in [6.45, 7) is 2.26. The number of hydrogen-bond donors (Lipinski definition) is 1. The minimum absolute atomic E-state index is 0.291. The summed E-state index contributed by atoms with van der Waals surface area (Å²) in [4.78, 5) is 8.20. The molecule has 0 aromatic carbocycles. The Morgan fingerprint density at radius 2 is 2.06 bits per heavy atom. The van der Waals surface area contributed by atoms with E-state index in [0.717, 1.165) is 12.3 Å². The van der Waals surface area contributed by atoms with Crippen LogP contribution in [0.25, 0.3) is 0 Å². The highest BCUT2D eigenvalue weighted by Gasteiger charge is 2.29.